The smallest absolute Gasteiger partial charge is 0.251 e. The molecule has 0 spiro atoms. The van der Waals surface area contributed by atoms with Gasteiger partial charge in [-0.3, -0.25) is 9.59 Å². The first-order valence-corrected chi connectivity index (χ1v) is 9.61. The third kappa shape index (κ3) is 5.52. The Bertz CT molecular complexity index is 716. The highest BCUT2D eigenvalue weighted by molar-refractivity contribution is 7.89. The second kappa shape index (κ2) is 8.41. The van der Waals surface area contributed by atoms with Crippen LogP contribution in [0.1, 0.15) is 30.1 Å². The summed E-state index contributed by atoms with van der Waals surface area (Å²) in [6.07, 6.45) is 0.672. The minimum Gasteiger partial charge on any atom is -0.392 e. The summed E-state index contributed by atoms with van der Waals surface area (Å²) in [5, 5.41) is 11.7. The van der Waals surface area contributed by atoms with E-state index >= 15 is 0 Å². The lowest BCUT2D eigenvalue weighted by Crippen LogP contribution is -2.35. The van der Waals surface area contributed by atoms with Crippen molar-refractivity contribution >= 4 is 21.8 Å². The Morgan fingerprint density at radius 2 is 2.00 bits per heavy atom. The zero-order valence-corrected chi connectivity index (χ0v) is 14.9. The molecule has 1 saturated heterocycles. The molecule has 3 N–H and O–H groups in total. The molecule has 0 aromatic heterocycles. The molecular formula is C16H23N3O5S. The molecule has 1 aliphatic heterocycles. The number of nitrogens with one attached hydrogen (secondary N) is 2. The zero-order chi connectivity index (χ0) is 18.4. The second-order valence-corrected chi connectivity index (χ2v) is 7.73. The Morgan fingerprint density at radius 1 is 1.32 bits per heavy atom. The number of aliphatic hydroxyl groups is 1. The highest BCUT2D eigenvalue weighted by Crippen LogP contribution is 2.11. The SMILES string of the molecule is C[C@H](O)CNC(=O)c1ccc(S(=O)(=O)NCCN2CCCC2=O)cc1. The summed E-state index contributed by atoms with van der Waals surface area (Å²) in [5.41, 5.74) is 0.308. The van der Waals surface area contributed by atoms with Gasteiger partial charge in [-0.05, 0) is 37.6 Å². The number of likely N-dealkylation sites (tertiary alicyclic amines) is 1. The van der Waals surface area contributed by atoms with Crippen molar-refractivity contribution in [3.05, 3.63) is 29.8 Å². The van der Waals surface area contributed by atoms with Gasteiger partial charge < -0.3 is 15.3 Å². The lowest BCUT2D eigenvalue weighted by atomic mass is 10.2. The Labute approximate surface area is 147 Å². The minimum absolute atomic E-state index is 0.0479. The van der Waals surface area contributed by atoms with E-state index in [2.05, 4.69) is 10.0 Å². The number of aliphatic hydroxyl groups excluding tert-OH is 1. The summed E-state index contributed by atoms with van der Waals surface area (Å²) < 4.78 is 26.9. The van der Waals surface area contributed by atoms with E-state index in [1.54, 1.807) is 11.8 Å². The molecule has 1 atom stereocenters. The lowest BCUT2D eigenvalue weighted by molar-refractivity contribution is -0.127. The zero-order valence-electron chi connectivity index (χ0n) is 14.1. The predicted octanol–water partition coefficient (Wildman–Crippen LogP) is -0.302. The molecule has 9 heteroatoms. The summed E-state index contributed by atoms with van der Waals surface area (Å²) in [7, 11) is -3.70. The summed E-state index contributed by atoms with van der Waals surface area (Å²) in [6.45, 7) is 2.83. The Morgan fingerprint density at radius 3 is 2.56 bits per heavy atom. The summed E-state index contributed by atoms with van der Waals surface area (Å²) >= 11 is 0. The second-order valence-electron chi connectivity index (χ2n) is 5.97. The van der Waals surface area contributed by atoms with Crippen molar-refractivity contribution in [2.24, 2.45) is 0 Å². The average Bonchev–Trinajstić information content (AvgIpc) is 2.98. The molecule has 1 aromatic rings. The number of rotatable bonds is 8. The Hall–Kier alpha value is -1.97. The number of sulfonamides is 1. The van der Waals surface area contributed by atoms with Crippen molar-refractivity contribution in [1.82, 2.24) is 14.9 Å². The van der Waals surface area contributed by atoms with E-state index in [1.165, 1.54) is 24.3 Å². The number of hydrogen-bond acceptors (Lipinski definition) is 5. The van der Waals surface area contributed by atoms with Gasteiger partial charge in [0.05, 0.1) is 11.0 Å². The first-order chi connectivity index (χ1) is 11.8. The van der Waals surface area contributed by atoms with Gasteiger partial charge in [-0.25, -0.2) is 13.1 Å². The standard InChI is InChI=1S/C16H23N3O5S/c1-12(20)11-17-16(22)13-4-6-14(7-5-13)25(23,24)18-8-10-19-9-2-3-15(19)21/h4-7,12,18,20H,2-3,8-11H2,1H3,(H,17,22)/t12-/m0/s1. The third-order valence-corrected chi connectivity index (χ3v) is 5.31. The largest absolute Gasteiger partial charge is 0.392 e. The molecule has 8 nitrogen and oxygen atoms in total. The minimum atomic E-state index is -3.70. The topological polar surface area (TPSA) is 116 Å². The first-order valence-electron chi connectivity index (χ1n) is 8.13. The monoisotopic (exact) mass is 369 g/mol. The number of amides is 2. The van der Waals surface area contributed by atoms with Crippen molar-refractivity contribution in [3.8, 4) is 0 Å². The molecular weight excluding hydrogens is 346 g/mol. The van der Waals surface area contributed by atoms with Crippen LogP contribution in [-0.2, 0) is 14.8 Å². The molecule has 25 heavy (non-hydrogen) atoms. The van der Waals surface area contributed by atoms with Gasteiger partial charge in [-0.2, -0.15) is 0 Å². The van der Waals surface area contributed by atoms with Crippen molar-refractivity contribution < 1.29 is 23.1 Å². The average molecular weight is 369 g/mol. The fourth-order valence-electron chi connectivity index (χ4n) is 2.47. The van der Waals surface area contributed by atoms with Gasteiger partial charge in [0, 0.05) is 38.2 Å². The molecule has 0 unspecified atom stereocenters. The van der Waals surface area contributed by atoms with Gasteiger partial charge in [0.1, 0.15) is 0 Å². The Kier molecular flexibility index (Phi) is 6.51. The third-order valence-electron chi connectivity index (χ3n) is 3.83. The Balaban J connectivity index is 1.90. The van der Waals surface area contributed by atoms with E-state index in [0.717, 1.165) is 6.42 Å². The molecule has 1 fully saturated rings. The van der Waals surface area contributed by atoms with Crippen molar-refractivity contribution in [1.29, 1.82) is 0 Å². The van der Waals surface area contributed by atoms with Crippen LogP contribution >= 0.6 is 0 Å². The number of benzene rings is 1. The van der Waals surface area contributed by atoms with Crippen LogP contribution in [-0.4, -0.2) is 62.5 Å². The van der Waals surface area contributed by atoms with Crippen LogP contribution < -0.4 is 10.0 Å². The van der Waals surface area contributed by atoms with Gasteiger partial charge in [-0.15, -0.1) is 0 Å². The molecule has 0 radical (unpaired) electrons. The maximum absolute atomic E-state index is 12.2. The van der Waals surface area contributed by atoms with Crippen LogP contribution in [0.3, 0.4) is 0 Å². The molecule has 0 bridgehead atoms. The molecule has 138 valence electrons. The summed E-state index contributed by atoms with van der Waals surface area (Å²) in [4.78, 5) is 25.0. The fraction of sp³-hybridized carbons (Fsp3) is 0.500. The number of nitrogens with zero attached hydrogens (tertiary/aromatic N) is 1. The van der Waals surface area contributed by atoms with Crippen LogP contribution in [0, 0.1) is 0 Å². The van der Waals surface area contributed by atoms with Crippen LogP contribution in [0.25, 0.3) is 0 Å². The maximum atomic E-state index is 12.2. The van der Waals surface area contributed by atoms with Crippen LogP contribution in [0.4, 0.5) is 0 Å². The first kappa shape index (κ1) is 19.4. The summed E-state index contributed by atoms with van der Waals surface area (Å²) in [6, 6.07) is 5.52. The van der Waals surface area contributed by atoms with E-state index < -0.39 is 16.1 Å². The van der Waals surface area contributed by atoms with Crippen LogP contribution in [0.2, 0.25) is 0 Å². The van der Waals surface area contributed by atoms with Crippen LogP contribution in [0.5, 0.6) is 0 Å². The molecule has 2 rings (SSSR count). The highest BCUT2D eigenvalue weighted by Gasteiger charge is 2.21. The highest BCUT2D eigenvalue weighted by atomic mass is 32.2. The van der Waals surface area contributed by atoms with Crippen molar-refractivity contribution in [3.63, 3.8) is 0 Å². The molecule has 0 saturated carbocycles. The normalized spacial score (nSPS) is 16.1. The van der Waals surface area contributed by atoms with E-state index in [9.17, 15) is 18.0 Å². The van der Waals surface area contributed by atoms with Crippen molar-refractivity contribution in [2.45, 2.75) is 30.8 Å². The molecule has 1 heterocycles. The summed E-state index contributed by atoms with van der Waals surface area (Å²) in [5.74, 6) is -0.336. The maximum Gasteiger partial charge on any atom is 0.251 e. The lowest BCUT2D eigenvalue weighted by Gasteiger charge is -2.15. The number of carbonyl (C=O) groups is 2. The number of hydrogen-bond donors (Lipinski definition) is 3. The van der Waals surface area contributed by atoms with E-state index in [-0.39, 0.29) is 29.8 Å². The van der Waals surface area contributed by atoms with E-state index in [4.69, 9.17) is 5.11 Å². The van der Waals surface area contributed by atoms with E-state index in [0.29, 0.717) is 25.1 Å². The van der Waals surface area contributed by atoms with Crippen LogP contribution in [0.15, 0.2) is 29.2 Å². The fourth-order valence-corrected chi connectivity index (χ4v) is 3.49. The van der Waals surface area contributed by atoms with E-state index in [1.807, 2.05) is 0 Å². The van der Waals surface area contributed by atoms with Gasteiger partial charge >= 0.3 is 0 Å². The molecule has 1 aromatic carbocycles. The number of carbonyl (C=O) groups excluding carboxylic acids is 2. The quantitative estimate of drug-likeness (QED) is 0.582. The van der Waals surface area contributed by atoms with Gasteiger partial charge in [0.15, 0.2) is 0 Å². The van der Waals surface area contributed by atoms with Gasteiger partial charge in [0.2, 0.25) is 15.9 Å². The van der Waals surface area contributed by atoms with Gasteiger partial charge in [0.25, 0.3) is 5.91 Å². The van der Waals surface area contributed by atoms with Crippen molar-refractivity contribution in [2.75, 3.05) is 26.2 Å². The predicted molar refractivity (Wildman–Crippen MR) is 91.5 cm³/mol. The van der Waals surface area contributed by atoms with Gasteiger partial charge in [-0.1, -0.05) is 0 Å². The molecule has 2 amide bonds. The molecule has 0 aliphatic carbocycles. The molecule has 1 aliphatic rings.